The Kier molecular flexibility index (Phi) is 2.68. The van der Waals surface area contributed by atoms with Crippen LogP contribution in [-0.4, -0.2) is 0 Å². The monoisotopic (exact) mass is 256 g/mol. The summed E-state index contributed by atoms with van der Waals surface area (Å²) in [6.45, 7) is 0. The molecule has 1 heterocycles. The molecule has 1 N–H and O–H groups in total. The van der Waals surface area contributed by atoms with Gasteiger partial charge in [0.05, 0.1) is 17.7 Å². The van der Waals surface area contributed by atoms with Crippen LogP contribution in [0.1, 0.15) is 22.7 Å². The molecule has 1 aliphatic rings. The molecule has 1 atom stereocenters. The first-order valence-electron chi connectivity index (χ1n) is 5.92. The summed E-state index contributed by atoms with van der Waals surface area (Å²) in [5.74, 6) is -1.68. The van der Waals surface area contributed by atoms with E-state index in [1.165, 1.54) is 6.07 Å². The van der Waals surface area contributed by atoms with E-state index in [1.54, 1.807) is 18.2 Å². The first kappa shape index (κ1) is 11.7. The van der Waals surface area contributed by atoms with Crippen LogP contribution in [0.25, 0.3) is 0 Å². The maximum atomic E-state index is 13.2. The van der Waals surface area contributed by atoms with Gasteiger partial charge in [-0.25, -0.2) is 8.78 Å². The summed E-state index contributed by atoms with van der Waals surface area (Å²) in [7, 11) is 0. The molecular weight excluding hydrogens is 246 g/mol. The zero-order chi connectivity index (χ0) is 13.4. The van der Waals surface area contributed by atoms with Crippen molar-refractivity contribution in [2.24, 2.45) is 0 Å². The van der Waals surface area contributed by atoms with E-state index in [9.17, 15) is 8.78 Å². The molecule has 0 saturated carbocycles. The van der Waals surface area contributed by atoms with Gasteiger partial charge in [0.15, 0.2) is 11.6 Å². The molecule has 1 unspecified atom stereocenters. The van der Waals surface area contributed by atoms with Gasteiger partial charge < -0.3 is 5.32 Å². The number of hydrogen-bond donors (Lipinski definition) is 1. The lowest BCUT2D eigenvalue weighted by molar-refractivity contribution is 0.506. The molecule has 0 aliphatic carbocycles. The summed E-state index contributed by atoms with van der Waals surface area (Å²) < 4.78 is 26.2. The van der Waals surface area contributed by atoms with E-state index in [2.05, 4.69) is 11.4 Å². The van der Waals surface area contributed by atoms with Gasteiger partial charge in [-0.2, -0.15) is 5.26 Å². The van der Waals surface area contributed by atoms with Crippen molar-refractivity contribution in [3.05, 3.63) is 64.7 Å². The van der Waals surface area contributed by atoms with Crippen molar-refractivity contribution in [3.63, 3.8) is 0 Å². The van der Waals surface area contributed by atoms with Crippen LogP contribution in [0.4, 0.5) is 14.5 Å². The molecule has 0 saturated heterocycles. The second-order valence-corrected chi connectivity index (χ2v) is 4.56. The van der Waals surface area contributed by atoms with Crippen LogP contribution >= 0.6 is 0 Å². The van der Waals surface area contributed by atoms with E-state index in [0.717, 1.165) is 17.3 Å². The summed E-state index contributed by atoms with van der Waals surface area (Å²) in [4.78, 5) is 0. The highest BCUT2D eigenvalue weighted by Crippen LogP contribution is 2.34. The van der Waals surface area contributed by atoms with Crippen molar-refractivity contribution in [1.29, 1.82) is 5.26 Å². The molecule has 2 aromatic rings. The van der Waals surface area contributed by atoms with Crippen LogP contribution < -0.4 is 5.32 Å². The van der Waals surface area contributed by atoms with Gasteiger partial charge >= 0.3 is 0 Å². The molecule has 0 aromatic heterocycles. The van der Waals surface area contributed by atoms with Gasteiger partial charge in [-0.1, -0.05) is 12.1 Å². The maximum Gasteiger partial charge on any atom is 0.159 e. The first-order valence-corrected chi connectivity index (χ1v) is 5.92. The van der Waals surface area contributed by atoms with E-state index in [-0.39, 0.29) is 6.04 Å². The van der Waals surface area contributed by atoms with Gasteiger partial charge in [0.1, 0.15) is 0 Å². The topological polar surface area (TPSA) is 35.8 Å². The number of anilines is 1. The lowest BCUT2D eigenvalue weighted by Crippen LogP contribution is -2.06. The normalized spacial score (nSPS) is 16.6. The largest absolute Gasteiger partial charge is 0.378 e. The van der Waals surface area contributed by atoms with Crippen LogP contribution in [0.5, 0.6) is 0 Å². The van der Waals surface area contributed by atoms with E-state index in [4.69, 9.17) is 5.26 Å². The Morgan fingerprint density at radius 2 is 1.95 bits per heavy atom. The molecule has 0 fully saturated rings. The molecule has 0 bridgehead atoms. The number of nitriles is 1. The number of hydrogen-bond acceptors (Lipinski definition) is 2. The molecular formula is C15H10F2N2. The van der Waals surface area contributed by atoms with E-state index >= 15 is 0 Å². The average Bonchev–Trinajstić information content (AvgIpc) is 2.84. The minimum Gasteiger partial charge on any atom is -0.378 e. The summed E-state index contributed by atoms with van der Waals surface area (Å²) in [5, 5.41) is 12.1. The minimum absolute atomic E-state index is 0.0842. The fourth-order valence-corrected chi connectivity index (χ4v) is 2.35. The Hall–Kier alpha value is -2.41. The molecule has 0 radical (unpaired) electrons. The minimum atomic E-state index is -0.842. The molecule has 4 heteroatoms. The molecule has 0 amide bonds. The van der Waals surface area contributed by atoms with Crippen molar-refractivity contribution >= 4 is 5.69 Å². The highest BCUT2D eigenvalue weighted by molar-refractivity contribution is 5.61. The van der Waals surface area contributed by atoms with E-state index in [0.29, 0.717) is 17.5 Å². The number of rotatable bonds is 1. The van der Waals surface area contributed by atoms with Crippen LogP contribution in [-0.2, 0) is 6.42 Å². The standard InChI is InChI=1S/C15H10F2N2/c16-12-4-3-10(6-13(12)17)15-7-11-2-1-9(8-18)5-14(11)19-15/h1-6,15,19H,7H2. The average molecular weight is 256 g/mol. The maximum absolute atomic E-state index is 13.2. The summed E-state index contributed by atoms with van der Waals surface area (Å²) in [6, 6.07) is 11.3. The summed E-state index contributed by atoms with van der Waals surface area (Å²) >= 11 is 0. The Morgan fingerprint density at radius 3 is 2.68 bits per heavy atom. The third kappa shape index (κ3) is 2.04. The highest BCUT2D eigenvalue weighted by Gasteiger charge is 2.23. The molecule has 3 rings (SSSR count). The number of nitrogens with one attached hydrogen (secondary N) is 1. The Bertz CT molecular complexity index is 689. The fourth-order valence-electron chi connectivity index (χ4n) is 2.35. The molecule has 2 aromatic carbocycles. The number of benzene rings is 2. The highest BCUT2D eigenvalue weighted by atomic mass is 19.2. The lowest BCUT2D eigenvalue weighted by atomic mass is 10.0. The second kappa shape index (κ2) is 4.36. The van der Waals surface area contributed by atoms with Crippen LogP contribution in [0, 0.1) is 23.0 Å². The molecule has 1 aliphatic heterocycles. The summed E-state index contributed by atoms with van der Waals surface area (Å²) in [6.07, 6.45) is 0.701. The van der Waals surface area contributed by atoms with Gasteiger partial charge in [0, 0.05) is 5.69 Å². The Labute approximate surface area is 109 Å². The quantitative estimate of drug-likeness (QED) is 0.847. The van der Waals surface area contributed by atoms with Crippen molar-refractivity contribution < 1.29 is 8.78 Å². The molecule has 2 nitrogen and oxygen atoms in total. The van der Waals surface area contributed by atoms with Gasteiger partial charge in [-0.3, -0.25) is 0 Å². The predicted octanol–water partition coefficient (Wildman–Crippen LogP) is 3.55. The Morgan fingerprint density at radius 1 is 1.11 bits per heavy atom. The fraction of sp³-hybridized carbons (Fsp3) is 0.133. The SMILES string of the molecule is N#Cc1ccc2c(c1)NC(c1ccc(F)c(F)c1)C2. The van der Waals surface area contributed by atoms with Crippen molar-refractivity contribution in [1.82, 2.24) is 0 Å². The zero-order valence-corrected chi connectivity index (χ0v) is 9.95. The second-order valence-electron chi connectivity index (χ2n) is 4.56. The Balaban J connectivity index is 1.91. The molecule has 19 heavy (non-hydrogen) atoms. The lowest BCUT2D eigenvalue weighted by Gasteiger charge is -2.11. The zero-order valence-electron chi connectivity index (χ0n) is 9.95. The van der Waals surface area contributed by atoms with E-state index in [1.807, 2.05) is 6.07 Å². The van der Waals surface area contributed by atoms with Crippen LogP contribution in [0.15, 0.2) is 36.4 Å². The number of nitrogens with zero attached hydrogens (tertiary/aromatic N) is 1. The van der Waals surface area contributed by atoms with Crippen LogP contribution in [0.3, 0.4) is 0 Å². The van der Waals surface area contributed by atoms with Crippen molar-refractivity contribution in [2.45, 2.75) is 12.5 Å². The molecule has 0 spiro atoms. The third-order valence-corrected chi connectivity index (χ3v) is 3.34. The van der Waals surface area contributed by atoms with Crippen molar-refractivity contribution in [2.75, 3.05) is 5.32 Å². The van der Waals surface area contributed by atoms with Crippen LogP contribution in [0.2, 0.25) is 0 Å². The first-order chi connectivity index (χ1) is 9.17. The summed E-state index contributed by atoms with van der Waals surface area (Å²) in [5.41, 5.74) is 3.24. The predicted molar refractivity (Wildman–Crippen MR) is 67.6 cm³/mol. The van der Waals surface area contributed by atoms with Gasteiger partial charge in [0.25, 0.3) is 0 Å². The van der Waals surface area contributed by atoms with Gasteiger partial charge in [-0.05, 0) is 41.8 Å². The molecule has 94 valence electrons. The number of fused-ring (bicyclic) bond motifs is 1. The van der Waals surface area contributed by atoms with E-state index < -0.39 is 11.6 Å². The third-order valence-electron chi connectivity index (χ3n) is 3.34. The van der Waals surface area contributed by atoms with Crippen molar-refractivity contribution in [3.8, 4) is 6.07 Å². The smallest absolute Gasteiger partial charge is 0.159 e. The van der Waals surface area contributed by atoms with Gasteiger partial charge in [0.2, 0.25) is 0 Å². The number of halogens is 2. The van der Waals surface area contributed by atoms with Gasteiger partial charge in [-0.15, -0.1) is 0 Å².